The first-order valence-corrected chi connectivity index (χ1v) is 9.47. The van der Waals surface area contributed by atoms with Gasteiger partial charge in [-0.1, -0.05) is 0 Å². The summed E-state index contributed by atoms with van der Waals surface area (Å²) in [5.41, 5.74) is 0. The highest BCUT2D eigenvalue weighted by molar-refractivity contribution is 5.94. The van der Waals surface area contributed by atoms with Crippen molar-refractivity contribution in [2.45, 2.75) is 50.4 Å². The van der Waals surface area contributed by atoms with Crippen LogP contribution in [0.5, 0.6) is 0 Å². The van der Waals surface area contributed by atoms with Gasteiger partial charge in [0.25, 0.3) is 0 Å². The van der Waals surface area contributed by atoms with Crippen molar-refractivity contribution in [2.75, 3.05) is 26.2 Å². The van der Waals surface area contributed by atoms with Gasteiger partial charge in [-0.3, -0.25) is 24.0 Å². The number of nitrogens with one attached hydrogen (secondary N) is 4. The minimum Gasteiger partial charge on any atom is -0.480 e. The predicted octanol–water partition coefficient (Wildman–Crippen LogP) is -3.48. The summed E-state index contributed by atoms with van der Waals surface area (Å²) in [6, 6.07) is -2.23. The Morgan fingerprint density at radius 2 is 1.90 bits per heavy atom. The van der Waals surface area contributed by atoms with Gasteiger partial charge in [0.15, 0.2) is 0 Å². The highest BCUT2D eigenvalue weighted by Crippen LogP contribution is 2.21. The Hall–Kier alpha value is -2.73. The number of rotatable bonds is 8. The first-order valence-electron chi connectivity index (χ1n) is 9.47. The van der Waals surface area contributed by atoms with Gasteiger partial charge in [0.1, 0.15) is 18.6 Å². The van der Waals surface area contributed by atoms with Crippen LogP contribution in [-0.4, -0.2) is 95.1 Å². The lowest BCUT2D eigenvalue weighted by molar-refractivity contribution is -0.140. The van der Waals surface area contributed by atoms with Crippen LogP contribution in [0.3, 0.4) is 0 Å². The summed E-state index contributed by atoms with van der Waals surface area (Å²) in [6.07, 6.45) is 0.800. The standard InChI is InChI=1S/C17H27N5O7/c1-9(15(27)20-7-14(25)26)21-13(24)6-19-16(28)12-5-10(23)8-22(12)17(29)11-3-2-4-18-11/h9-12,18,23H,2-8H2,1H3,(H,19,28)(H,20,27)(H,21,24)(H,25,26)/t9-,10+,11-,12-/m0/s1. The predicted molar refractivity (Wildman–Crippen MR) is 98.4 cm³/mol. The number of aliphatic carboxylic acids is 1. The Morgan fingerprint density at radius 1 is 1.17 bits per heavy atom. The van der Waals surface area contributed by atoms with E-state index in [9.17, 15) is 29.1 Å². The molecule has 0 radical (unpaired) electrons. The third kappa shape index (κ3) is 6.39. The van der Waals surface area contributed by atoms with E-state index in [1.165, 1.54) is 11.8 Å². The smallest absolute Gasteiger partial charge is 0.322 e. The summed E-state index contributed by atoms with van der Waals surface area (Å²) in [7, 11) is 0. The van der Waals surface area contributed by atoms with Crippen molar-refractivity contribution in [1.29, 1.82) is 0 Å². The van der Waals surface area contributed by atoms with E-state index >= 15 is 0 Å². The van der Waals surface area contributed by atoms with Gasteiger partial charge in [-0.15, -0.1) is 0 Å². The molecule has 2 fully saturated rings. The largest absolute Gasteiger partial charge is 0.480 e. The van der Waals surface area contributed by atoms with Gasteiger partial charge in [-0.05, 0) is 26.3 Å². The fourth-order valence-corrected chi connectivity index (χ4v) is 3.36. The van der Waals surface area contributed by atoms with E-state index < -0.39 is 55.0 Å². The SMILES string of the molecule is C[C@H](NC(=O)CNC(=O)[C@@H]1C[C@@H](O)CN1C(=O)[C@@H]1CCCN1)C(=O)NCC(=O)O. The second kappa shape index (κ2) is 10.2. The van der Waals surface area contributed by atoms with E-state index in [2.05, 4.69) is 21.3 Å². The van der Waals surface area contributed by atoms with Crippen LogP contribution < -0.4 is 21.3 Å². The van der Waals surface area contributed by atoms with Crippen LogP contribution in [0.1, 0.15) is 26.2 Å². The van der Waals surface area contributed by atoms with E-state index in [0.29, 0.717) is 6.42 Å². The Kier molecular flexibility index (Phi) is 7.91. The second-order valence-corrected chi connectivity index (χ2v) is 7.16. The first-order chi connectivity index (χ1) is 13.7. The van der Waals surface area contributed by atoms with Crippen LogP contribution >= 0.6 is 0 Å². The topological polar surface area (TPSA) is 177 Å². The molecular weight excluding hydrogens is 386 g/mol. The van der Waals surface area contributed by atoms with Gasteiger partial charge in [0.05, 0.1) is 18.7 Å². The molecular formula is C17H27N5O7. The number of carboxylic acids is 1. The fraction of sp³-hybridized carbons (Fsp3) is 0.706. The number of carbonyl (C=O) groups is 5. The third-order valence-electron chi connectivity index (χ3n) is 4.83. The molecule has 0 aliphatic carbocycles. The summed E-state index contributed by atoms with van der Waals surface area (Å²) in [4.78, 5) is 60.4. The zero-order valence-corrected chi connectivity index (χ0v) is 16.1. The van der Waals surface area contributed by atoms with Crippen LogP contribution in [-0.2, 0) is 24.0 Å². The Morgan fingerprint density at radius 3 is 2.52 bits per heavy atom. The van der Waals surface area contributed by atoms with Gasteiger partial charge in [-0.2, -0.15) is 0 Å². The third-order valence-corrected chi connectivity index (χ3v) is 4.83. The van der Waals surface area contributed by atoms with Crippen LogP contribution in [0.4, 0.5) is 0 Å². The molecule has 2 saturated heterocycles. The number of amides is 4. The zero-order valence-electron chi connectivity index (χ0n) is 16.1. The number of hydrogen-bond acceptors (Lipinski definition) is 7. The monoisotopic (exact) mass is 413 g/mol. The number of aliphatic hydroxyl groups is 1. The molecule has 12 nitrogen and oxygen atoms in total. The molecule has 4 atom stereocenters. The number of likely N-dealkylation sites (tertiary alicyclic amines) is 1. The number of carbonyl (C=O) groups excluding carboxylic acids is 4. The molecule has 0 unspecified atom stereocenters. The first kappa shape index (κ1) is 22.6. The maximum atomic E-state index is 12.6. The molecule has 29 heavy (non-hydrogen) atoms. The van der Waals surface area contributed by atoms with Crippen LogP contribution in [0.2, 0.25) is 0 Å². The molecule has 0 spiro atoms. The number of hydrogen-bond donors (Lipinski definition) is 6. The zero-order chi connectivity index (χ0) is 21.6. The Balaban J connectivity index is 1.82. The van der Waals surface area contributed by atoms with Crippen molar-refractivity contribution in [3.05, 3.63) is 0 Å². The summed E-state index contributed by atoms with van der Waals surface area (Å²) < 4.78 is 0. The molecule has 162 valence electrons. The van der Waals surface area contributed by atoms with Gasteiger partial charge in [-0.25, -0.2) is 0 Å². The van der Waals surface area contributed by atoms with E-state index in [4.69, 9.17) is 5.11 Å². The lowest BCUT2D eigenvalue weighted by atomic mass is 10.1. The van der Waals surface area contributed by atoms with Gasteiger partial charge in [0.2, 0.25) is 23.6 Å². The molecule has 12 heteroatoms. The maximum Gasteiger partial charge on any atom is 0.322 e. The second-order valence-electron chi connectivity index (χ2n) is 7.16. The molecule has 0 aromatic rings. The van der Waals surface area contributed by atoms with Gasteiger partial charge >= 0.3 is 5.97 Å². The van der Waals surface area contributed by atoms with E-state index in [-0.39, 0.29) is 24.9 Å². The van der Waals surface area contributed by atoms with E-state index in [1.807, 2.05) is 0 Å². The quantitative estimate of drug-likeness (QED) is 0.238. The highest BCUT2D eigenvalue weighted by atomic mass is 16.4. The van der Waals surface area contributed by atoms with Gasteiger partial charge < -0.3 is 36.4 Å². The summed E-state index contributed by atoms with van der Waals surface area (Å²) in [5, 5.41) is 28.4. The Labute approximate surface area is 167 Å². The molecule has 0 bridgehead atoms. The normalized spacial score (nSPS) is 24.6. The number of β-amino-alcohol motifs (C(OH)–C–C–N with tert-alkyl or cyclic N) is 1. The summed E-state index contributed by atoms with van der Waals surface area (Å²) in [5.74, 6) is -3.34. The number of nitrogens with zero attached hydrogens (tertiary/aromatic N) is 1. The van der Waals surface area contributed by atoms with Crippen molar-refractivity contribution in [2.24, 2.45) is 0 Å². The maximum absolute atomic E-state index is 12.6. The molecule has 4 amide bonds. The van der Waals surface area contributed by atoms with Crippen molar-refractivity contribution in [3.63, 3.8) is 0 Å². The summed E-state index contributed by atoms with van der Waals surface area (Å²) >= 11 is 0. The lowest BCUT2D eigenvalue weighted by Crippen LogP contribution is -2.53. The lowest BCUT2D eigenvalue weighted by Gasteiger charge is -2.26. The van der Waals surface area contributed by atoms with Crippen LogP contribution in [0.15, 0.2) is 0 Å². The van der Waals surface area contributed by atoms with Crippen molar-refractivity contribution < 1.29 is 34.2 Å². The molecule has 6 N–H and O–H groups in total. The van der Waals surface area contributed by atoms with E-state index in [0.717, 1.165) is 13.0 Å². The fourth-order valence-electron chi connectivity index (χ4n) is 3.36. The average molecular weight is 413 g/mol. The molecule has 0 saturated carbocycles. The van der Waals surface area contributed by atoms with Crippen molar-refractivity contribution >= 4 is 29.6 Å². The number of carboxylic acid groups (broad SMARTS) is 1. The minimum atomic E-state index is -1.21. The summed E-state index contributed by atoms with van der Waals surface area (Å²) in [6.45, 7) is 1.16. The molecule has 2 aliphatic heterocycles. The van der Waals surface area contributed by atoms with Crippen LogP contribution in [0.25, 0.3) is 0 Å². The molecule has 0 aromatic heterocycles. The van der Waals surface area contributed by atoms with Crippen LogP contribution in [0, 0.1) is 0 Å². The molecule has 2 heterocycles. The molecule has 2 rings (SSSR count). The highest BCUT2D eigenvalue weighted by Gasteiger charge is 2.41. The molecule has 0 aromatic carbocycles. The van der Waals surface area contributed by atoms with E-state index in [1.54, 1.807) is 0 Å². The van der Waals surface area contributed by atoms with Crippen molar-refractivity contribution in [3.8, 4) is 0 Å². The van der Waals surface area contributed by atoms with Gasteiger partial charge in [0, 0.05) is 13.0 Å². The molecule has 2 aliphatic rings. The van der Waals surface area contributed by atoms with Crippen molar-refractivity contribution in [1.82, 2.24) is 26.2 Å². The average Bonchev–Trinajstić information content (AvgIpc) is 3.33. The number of aliphatic hydroxyl groups excluding tert-OH is 1. The Bertz CT molecular complexity index is 665. The minimum absolute atomic E-state index is 0.0576.